The molecule has 70 valence electrons. The Labute approximate surface area is 108 Å². The number of carboxylic acids is 1. The Morgan fingerprint density at radius 3 is 2.08 bits per heavy atom. The third-order valence-electron chi connectivity index (χ3n) is 1.74. The van der Waals surface area contributed by atoms with Gasteiger partial charge in [-0.2, -0.15) is 0 Å². The predicted octanol–water partition coefficient (Wildman–Crippen LogP) is 2.82. The largest absolute Gasteiger partial charge is 0.481 e. The van der Waals surface area contributed by atoms with Crippen molar-refractivity contribution in [3.8, 4) is 0 Å². The first kappa shape index (κ1) is 15.3. The Morgan fingerprint density at radius 2 is 1.58 bits per heavy atom. The van der Waals surface area contributed by atoms with Crippen LogP contribution in [0.15, 0.2) is 0 Å². The van der Waals surface area contributed by atoms with E-state index in [1.807, 2.05) is 0 Å². The monoisotopic (exact) mass is 298 g/mol. The maximum atomic E-state index is 10.1. The van der Waals surface area contributed by atoms with E-state index in [0.29, 0.717) is 6.42 Å². The van der Waals surface area contributed by atoms with Crippen molar-refractivity contribution in [1.29, 1.82) is 0 Å². The van der Waals surface area contributed by atoms with Crippen LogP contribution in [-0.4, -0.2) is 11.1 Å². The van der Waals surface area contributed by atoms with Crippen LogP contribution in [0, 0.1) is 41.7 Å². The average molecular weight is 298 g/mol. The summed E-state index contributed by atoms with van der Waals surface area (Å²) in [6.07, 6.45) is 7.25. The molecule has 0 bridgehead atoms. The van der Waals surface area contributed by atoms with Gasteiger partial charge in [-0.25, -0.2) is 0 Å². The van der Waals surface area contributed by atoms with E-state index in [1.165, 1.54) is 25.7 Å². The quantitative estimate of drug-likeness (QED) is 0.734. The maximum absolute atomic E-state index is 10.1. The van der Waals surface area contributed by atoms with Crippen molar-refractivity contribution in [2.24, 2.45) is 0 Å². The molecule has 0 aliphatic carbocycles. The molecule has 12 heavy (non-hydrogen) atoms. The van der Waals surface area contributed by atoms with E-state index in [2.05, 4.69) is 6.92 Å². The van der Waals surface area contributed by atoms with Gasteiger partial charge in [0.2, 0.25) is 0 Å². The van der Waals surface area contributed by atoms with Crippen LogP contribution in [0.4, 0.5) is 0 Å². The Bertz CT molecular complexity index is 105. The van der Waals surface area contributed by atoms with Gasteiger partial charge in [-0.3, -0.25) is 4.79 Å². The van der Waals surface area contributed by atoms with Crippen LogP contribution in [0.3, 0.4) is 0 Å². The number of carbonyl (C=O) groups is 1. The van der Waals surface area contributed by atoms with Gasteiger partial charge >= 0.3 is 5.97 Å². The SMILES string of the molecule is CCCCCCCCC(=O)O.[Ce]. The fourth-order valence-electron chi connectivity index (χ4n) is 1.06. The van der Waals surface area contributed by atoms with Gasteiger partial charge in [-0.1, -0.05) is 39.0 Å². The van der Waals surface area contributed by atoms with Gasteiger partial charge in [0, 0.05) is 48.2 Å². The minimum absolute atomic E-state index is 0. The van der Waals surface area contributed by atoms with Gasteiger partial charge < -0.3 is 5.11 Å². The van der Waals surface area contributed by atoms with Crippen molar-refractivity contribution in [3.05, 3.63) is 0 Å². The molecule has 0 aliphatic heterocycles. The molecule has 0 aromatic rings. The van der Waals surface area contributed by atoms with Crippen molar-refractivity contribution in [3.63, 3.8) is 0 Å². The van der Waals surface area contributed by atoms with Crippen molar-refractivity contribution in [2.45, 2.75) is 51.9 Å². The van der Waals surface area contributed by atoms with Gasteiger partial charge in [0.15, 0.2) is 0 Å². The summed E-state index contributed by atoms with van der Waals surface area (Å²) in [7, 11) is 0. The Kier molecular flexibility index (Phi) is 15.1. The van der Waals surface area contributed by atoms with Crippen LogP contribution in [0.1, 0.15) is 51.9 Å². The van der Waals surface area contributed by atoms with Crippen molar-refractivity contribution >= 4 is 5.97 Å². The molecule has 2 nitrogen and oxygen atoms in total. The third-order valence-corrected chi connectivity index (χ3v) is 1.74. The number of carboxylic acid groups (broad SMARTS) is 1. The van der Waals surface area contributed by atoms with Crippen LogP contribution in [0.5, 0.6) is 0 Å². The van der Waals surface area contributed by atoms with E-state index in [9.17, 15) is 4.79 Å². The molecule has 0 saturated heterocycles. The first-order valence-corrected chi connectivity index (χ1v) is 4.49. The van der Waals surface area contributed by atoms with E-state index in [4.69, 9.17) is 5.11 Å². The van der Waals surface area contributed by atoms with Crippen LogP contribution in [0.2, 0.25) is 0 Å². The molecule has 0 fully saturated rings. The summed E-state index contributed by atoms with van der Waals surface area (Å²) < 4.78 is 0. The Morgan fingerprint density at radius 1 is 1.08 bits per heavy atom. The summed E-state index contributed by atoms with van der Waals surface area (Å²) >= 11 is 0. The summed E-state index contributed by atoms with van der Waals surface area (Å²) in [5, 5.41) is 8.32. The van der Waals surface area contributed by atoms with Gasteiger partial charge in [-0.05, 0) is 6.42 Å². The molecular weight excluding hydrogens is 280 g/mol. The second kappa shape index (κ2) is 11.8. The summed E-state index contributed by atoms with van der Waals surface area (Å²) in [4.78, 5) is 10.1. The van der Waals surface area contributed by atoms with Gasteiger partial charge in [0.1, 0.15) is 0 Å². The molecule has 0 heterocycles. The number of rotatable bonds is 7. The average Bonchev–Trinajstić information content (AvgIpc) is 1.96. The van der Waals surface area contributed by atoms with Crippen LogP contribution >= 0.6 is 0 Å². The number of hydrogen-bond acceptors (Lipinski definition) is 1. The van der Waals surface area contributed by atoms with Crippen LogP contribution in [-0.2, 0) is 4.79 Å². The number of unbranched alkanes of at least 4 members (excludes halogenated alkanes) is 5. The van der Waals surface area contributed by atoms with Gasteiger partial charge in [0.05, 0.1) is 0 Å². The fraction of sp³-hybridized carbons (Fsp3) is 0.889. The smallest absolute Gasteiger partial charge is 0.303 e. The van der Waals surface area contributed by atoms with E-state index < -0.39 is 5.97 Å². The molecule has 0 atom stereocenters. The second-order valence-corrected chi connectivity index (χ2v) is 2.91. The van der Waals surface area contributed by atoms with Crippen LogP contribution < -0.4 is 0 Å². The Hall–Kier alpha value is 0.847. The zero-order valence-corrected chi connectivity index (χ0v) is 10.9. The molecule has 0 rings (SSSR count). The third kappa shape index (κ3) is 13.4. The number of hydrogen-bond donors (Lipinski definition) is 1. The summed E-state index contributed by atoms with van der Waals surface area (Å²) in [6, 6.07) is 0. The molecule has 0 aromatic carbocycles. The van der Waals surface area contributed by atoms with E-state index in [-0.39, 0.29) is 41.7 Å². The molecule has 0 amide bonds. The van der Waals surface area contributed by atoms with Gasteiger partial charge in [-0.15, -0.1) is 0 Å². The second-order valence-electron chi connectivity index (χ2n) is 2.91. The maximum Gasteiger partial charge on any atom is 0.303 e. The van der Waals surface area contributed by atoms with Crippen molar-refractivity contribution < 1.29 is 51.6 Å². The minimum atomic E-state index is -0.666. The predicted molar refractivity (Wildman–Crippen MR) is 45.6 cm³/mol. The zero-order valence-electron chi connectivity index (χ0n) is 7.81. The molecular formula is C9H18CeO2. The molecule has 0 radical (unpaired) electrons. The number of aliphatic carboxylic acids is 1. The molecule has 3 heteroatoms. The van der Waals surface area contributed by atoms with Gasteiger partial charge in [0.25, 0.3) is 0 Å². The summed E-state index contributed by atoms with van der Waals surface area (Å²) in [5.41, 5.74) is 0. The summed E-state index contributed by atoms with van der Waals surface area (Å²) in [5.74, 6) is -0.666. The molecule has 0 aliphatic rings. The van der Waals surface area contributed by atoms with Crippen molar-refractivity contribution in [1.82, 2.24) is 0 Å². The van der Waals surface area contributed by atoms with E-state index >= 15 is 0 Å². The first-order chi connectivity index (χ1) is 5.27. The van der Waals surface area contributed by atoms with Crippen molar-refractivity contribution in [2.75, 3.05) is 0 Å². The van der Waals surface area contributed by atoms with E-state index in [0.717, 1.165) is 12.8 Å². The molecule has 0 aromatic heterocycles. The standard InChI is InChI=1S/C9H18O2.Ce/c1-2-3-4-5-6-7-8-9(10)11;/h2-8H2,1H3,(H,10,11);. The Balaban J connectivity index is 0. The first-order valence-electron chi connectivity index (χ1n) is 4.49. The summed E-state index contributed by atoms with van der Waals surface area (Å²) in [6.45, 7) is 2.18. The van der Waals surface area contributed by atoms with E-state index in [1.54, 1.807) is 0 Å². The minimum Gasteiger partial charge on any atom is -0.481 e. The zero-order chi connectivity index (χ0) is 8.53. The van der Waals surface area contributed by atoms with Crippen LogP contribution in [0.25, 0.3) is 0 Å². The molecule has 0 saturated carbocycles. The normalized spacial score (nSPS) is 9.08. The molecule has 1 N–H and O–H groups in total. The molecule has 0 spiro atoms. The fourth-order valence-corrected chi connectivity index (χ4v) is 1.06. The molecule has 0 unspecified atom stereocenters. The topological polar surface area (TPSA) is 37.3 Å².